The Morgan fingerprint density at radius 1 is 1.59 bits per heavy atom. The highest BCUT2D eigenvalue weighted by molar-refractivity contribution is 6.20. The Morgan fingerprint density at radius 2 is 2.35 bits per heavy atom. The van der Waals surface area contributed by atoms with E-state index in [1.54, 1.807) is 6.20 Å². The molecule has 0 saturated heterocycles. The standard InChI is InChI=1S/C12H18ClN3O/c1-8-10(7-15-16-8)12(17)14-6-9-4-2-3-5-11(9)13/h7,9,11H,2-6H2,1H3,(H,14,17)(H,15,16). The molecule has 1 aliphatic rings. The van der Waals surface area contributed by atoms with E-state index in [-0.39, 0.29) is 11.3 Å². The van der Waals surface area contributed by atoms with Crippen LogP contribution >= 0.6 is 11.6 Å². The summed E-state index contributed by atoms with van der Waals surface area (Å²) >= 11 is 6.25. The van der Waals surface area contributed by atoms with Crippen molar-refractivity contribution in [3.05, 3.63) is 17.5 Å². The third-order valence-electron chi connectivity index (χ3n) is 3.42. The second-order valence-corrected chi connectivity index (χ2v) is 5.24. The van der Waals surface area contributed by atoms with Gasteiger partial charge < -0.3 is 5.32 Å². The number of amides is 1. The minimum Gasteiger partial charge on any atom is -0.352 e. The van der Waals surface area contributed by atoms with Crippen molar-refractivity contribution < 1.29 is 4.79 Å². The molecule has 1 aromatic heterocycles. The molecule has 0 bridgehead atoms. The van der Waals surface area contributed by atoms with Crippen LogP contribution in [0.25, 0.3) is 0 Å². The van der Waals surface area contributed by atoms with E-state index in [4.69, 9.17) is 11.6 Å². The van der Waals surface area contributed by atoms with E-state index in [1.165, 1.54) is 12.8 Å². The lowest BCUT2D eigenvalue weighted by Crippen LogP contribution is -2.34. The highest BCUT2D eigenvalue weighted by atomic mass is 35.5. The summed E-state index contributed by atoms with van der Waals surface area (Å²) in [6.45, 7) is 2.50. The van der Waals surface area contributed by atoms with Gasteiger partial charge in [-0.2, -0.15) is 5.10 Å². The summed E-state index contributed by atoms with van der Waals surface area (Å²) in [4.78, 5) is 11.9. The molecule has 2 unspecified atom stereocenters. The lowest BCUT2D eigenvalue weighted by molar-refractivity contribution is 0.0943. The highest BCUT2D eigenvalue weighted by Crippen LogP contribution is 2.28. The zero-order valence-corrected chi connectivity index (χ0v) is 10.8. The molecule has 1 amide bonds. The molecule has 2 rings (SSSR count). The first-order chi connectivity index (χ1) is 8.18. The Balaban J connectivity index is 1.86. The summed E-state index contributed by atoms with van der Waals surface area (Å²) in [6.07, 6.45) is 6.16. The number of nitrogens with zero attached hydrogens (tertiary/aromatic N) is 1. The zero-order valence-electron chi connectivity index (χ0n) is 10.0. The van der Waals surface area contributed by atoms with E-state index in [9.17, 15) is 4.79 Å². The second-order valence-electron chi connectivity index (χ2n) is 4.68. The van der Waals surface area contributed by atoms with Crippen LogP contribution in [0.1, 0.15) is 41.7 Å². The molecule has 0 aromatic carbocycles. The van der Waals surface area contributed by atoms with Gasteiger partial charge in [-0.25, -0.2) is 0 Å². The number of alkyl halides is 1. The highest BCUT2D eigenvalue weighted by Gasteiger charge is 2.23. The maximum atomic E-state index is 11.9. The van der Waals surface area contributed by atoms with Crippen molar-refractivity contribution in [2.45, 2.75) is 38.0 Å². The average Bonchev–Trinajstić information content (AvgIpc) is 2.74. The zero-order chi connectivity index (χ0) is 12.3. The van der Waals surface area contributed by atoms with Gasteiger partial charge in [-0.1, -0.05) is 12.8 Å². The van der Waals surface area contributed by atoms with Crippen molar-refractivity contribution in [3.8, 4) is 0 Å². The quantitative estimate of drug-likeness (QED) is 0.814. The molecule has 5 heteroatoms. The number of carbonyl (C=O) groups excluding carboxylic acids is 1. The number of aromatic nitrogens is 2. The first-order valence-corrected chi connectivity index (χ1v) is 6.54. The molecule has 1 saturated carbocycles. The molecule has 0 spiro atoms. The van der Waals surface area contributed by atoms with Gasteiger partial charge in [0, 0.05) is 17.6 Å². The van der Waals surface area contributed by atoms with Crippen molar-refractivity contribution in [1.29, 1.82) is 0 Å². The van der Waals surface area contributed by atoms with Crippen LogP contribution in [-0.2, 0) is 0 Å². The summed E-state index contributed by atoms with van der Waals surface area (Å²) in [5.41, 5.74) is 1.42. The Bertz CT molecular complexity index is 391. The van der Waals surface area contributed by atoms with Gasteiger partial charge in [-0.3, -0.25) is 9.89 Å². The predicted octanol–water partition coefficient (Wildman–Crippen LogP) is 2.25. The lowest BCUT2D eigenvalue weighted by Gasteiger charge is -2.27. The second kappa shape index (κ2) is 5.54. The van der Waals surface area contributed by atoms with Crippen LogP contribution < -0.4 is 5.32 Å². The number of aryl methyl sites for hydroxylation is 1. The normalized spacial score (nSPS) is 24.6. The number of hydrogen-bond acceptors (Lipinski definition) is 2. The number of aromatic amines is 1. The molecule has 1 fully saturated rings. The fraction of sp³-hybridized carbons (Fsp3) is 0.667. The molecule has 1 aliphatic carbocycles. The smallest absolute Gasteiger partial charge is 0.254 e. The van der Waals surface area contributed by atoms with Gasteiger partial charge in [0.1, 0.15) is 0 Å². The fourth-order valence-electron chi connectivity index (χ4n) is 2.29. The van der Waals surface area contributed by atoms with Gasteiger partial charge in [0.25, 0.3) is 5.91 Å². The molecule has 4 nitrogen and oxygen atoms in total. The van der Waals surface area contributed by atoms with Gasteiger partial charge in [0.15, 0.2) is 0 Å². The van der Waals surface area contributed by atoms with Crippen molar-refractivity contribution >= 4 is 17.5 Å². The van der Waals surface area contributed by atoms with Gasteiger partial charge in [-0.05, 0) is 25.7 Å². The summed E-state index contributed by atoms with van der Waals surface area (Å²) in [5, 5.41) is 9.75. The molecular weight excluding hydrogens is 238 g/mol. The Hall–Kier alpha value is -1.03. The van der Waals surface area contributed by atoms with Gasteiger partial charge in [-0.15, -0.1) is 11.6 Å². The van der Waals surface area contributed by atoms with Crippen LogP contribution in [0.15, 0.2) is 6.20 Å². The third-order valence-corrected chi connectivity index (χ3v) is 3.99. The maximum Gasteiger partial charge on any atom is 0.254 e. The van der Waals surface area contributed by atoms with Crippen LogP contribution in [-0.4, -0.2) is 28.0 Å². The molecule has 17 heavy (non-hydrogen) atoms. The number of hydrogen-bond donors (Lipinski definition) is 2. The van der Waals surface area contributed by atoms with Crippen LogP contribution in [0, 0.1) is 12.8 Å². The Labute approximate surface area is 106 Å². The first-order valence-electron chi connectivity index (χ1n) is 6.10. The number of halogens is 1. The number of rotatable bonds is 3. The van der Waals surface area contributed by atoms with E-state index in [2.05, 4.69) is 15.5 Å². The van der Waals surface area contributed by atoms with E-state index >= 15 is 0 Å². The maximum absolute atomic E-state index is 11.9. The minimum atomic E-state index is -0.0642. The van der Waals surface area contributed by atoms with E-state index in [1.807, 2.05) is 6.92 Å². The Kier molecular flexibility index (Phi) is 4.05. The van der Waals surface area contributed by atoms with Crippen molar-refractivity contribution in [2.75, 3.05) is 6.54 Å². The number of carbonyl (C=O) groups is 1. The van der Waals surface area contributed by atoms with Crippen LogP contribution in [0.5, 0.6) is 0 Å². The van der Waals surface area contributed by atoms with Gasteiger partial charge in [0.2, 0.25) is 0 Å². The van der Waals surface area contributed by atoms with Crippen LogP contribution in [0.2, 0.25) is 0 Å². The lowest BCUT2D eigenvalue weighted by atomic mass is 9.88. The van der Waals surface area contributed by atoms with E-state index in [0.717, 1.165) is 18.5 Å². The molecular formula is C12H18ClN3O. The van der Waals surface area contributed by atoms with E-state index < -0.39 is 0 Å². The summed E-state index contributed by atoms with van der Waals surface area (Å²) < 4.78 is 0. The van der Waals surface area contributed by atoms with Crippen molar-refractivity contribution in [1.82, 2.24) is 15.5 Å². The van der Waals surface area contributed by atoms with Crippen LogP contribution in [0.3, 0.4) is 0 Å². The SMILES string of the molecule is Cc1[nH]ncc1C(=O)NCC1CCCCC1Cl. The largest absolute Gasteiger partial charge is 0.352 e. The van der Waals surface area contributed by atoms with Crippen LogP contribution in [0.4, 0.5) is 0 Å². The van der Waals surface area contributed by atoms with Gasteiger partial charge >= 0.3 is 0 Å². The molecule has 1 heterocycles. The monoisotopic (exact) mass is 255 g/mol. The molecule has 2 atom stereocenters. The molecule has 0 aliphatic heterocycles. The molecule has 2 N–H and O–H groups in total. The van der Waals surface area contributed by atoms with Crippen molar-refractivity contribution in [3.63, 3.8) is 0 Å². The predicted molar refractivity (Wildman–Crippen MR) is 67.3 cm³/mol. The molecule has 1 aromatic rings. The summed E-state index contributed by atoms with van der Waals surface area (Å²) in [6, 6.07) is 0. The van der Waals surface area contributed by atoms with Gasteiger partial charge in [0.05, 0.1) is 11.8 Å². The molecule has 94 valence electrons. The minimum absolute atomic E-state index is 0.0642. The first kappa shape index (κ1) is 12.4. The number of H-pyrrole nitrogens is 1. The Morgan fingerprint density at radius 3 is 3.00 bits per heavy atom. The summed E-state index contributed by atoms with van der Waals surface area (Å²) in [5.74, 6) is 0.340. The fourth-order valence-corrected chi connectivity index (χ4v) is 2.66. The van der Waals surface area contributed by atoms with E-state index in [0.29, 0.717) is 18.0 Å². The van der Waals surface area contributed by atoms with Crippen molar-refractivity contribution in [2.24, 2.45) is 5.92 Å². The molecule has 0 radical (unpaired) electrons. The average molecular weight is 256 g/mol. The topological polar surface area (TPSA) is 57.8 Å². The summed E-state index contributed by atoms with van der Waals surface area (Å²) in [7, 11) is 0. The third kappa shape index (κ3) is 3.00. The number of nitrogens with one attached hydrogen (secondary N) is 2.